The molecule has 0 spiro atoms. The first kappa shape index (κ1) is 26.0. The summed E-state index contributed by atoms with van der Waals surface area (Å²) in [6.45, 7) is 8.56. The third kappa shape index (κ3) is 4.41. The van der Waals surface area contributed by atoms with Crippen LogP contribution in [0.4, 0.5) is 0 Å². The summed E-state index contributed by atoms with van der Waals surface area (Å²) < 4.78 is 0. The third-order valence-corrected chi connectivity index (χ3v) is 8.75. The number of benzene rings is 6. The SMILES string of the molecule is C=Cc1ccccc1-c1cc(-c2c3ccccc3c(-c3ccccc3C3=CCC(C)C=C3)c3ccccc23)ccc1C. The van der Waals surface area contributed by atoms with Crippen molar-refractivity contribution in [2.45, 2.75) is 20.3 Å². The van der Waals surface area contributed by atoms with Gasteiger partial charge in [0, 0.05) is 0 Å². The average molecular weight is 539 g/mol. The predicted octanol–water partition coefficient (Wildman–Crippen LogP) is 11.9. The highest BCUT2D eigenvalue weighted by molar-refractivity contribution is 6.22. The number of fused-ring (bicyclic) bond motifs is 2. The van der Waals surface area contributed by atoms with E-state index >= 15 is 0 Å². The second kappa shape index (κ2) is 10.8. The maximum Gasteiger partial charge on any atom is -0.00201 e. The Balaban J connectivity index is 1.53. The lowest BCUT2D eigenvalue weighted by molar-refractivity contribution is 0.739. The zero-order chi connectivity index (χ0) is 28.6. The molecule has 0 aliphatic heterocycles. The van der Waals surface area contributed by atoms with E-state index in [9.17, 15) is 0 Å². The van der Waals surface area contributed by atoms with Gasteiger partial charge in [-0.05, 0) is 103 Å². The van der Waals surface area contributed by atoms with E-state index in [-0.39, 0.29) is 0 Å². The number of hydrogen-bond acceptors (Lipinski definition) is 0. The van der Waals surface area contributed by atoms with E-state index in [0.29, 0.717) is 5.92 Å². The molecule has 0 heterocycles. The molecule has 0 radical (unpaired) electrons. The zero-order valence-corrected chi connectivity index (χ0v) is 24.3. The van der Waals surface area contributed by atoms with Crippen molar-refractivity contribution < 1.29 is 0 Å². The highest BCUT2D eigenvalue weighted by Gasteiger charge is 2.20. The Morgan fingerprint density at radius 2 is 1.19 bits per heavy atom. The van der Waals surface area contributed by atoms with Gasteiger partial charge in [0.05, 0.1) is 0 Å². The summed E-state index contributed by atoms with van der Waals surface area (Å²) in [5, 5.41) is 5.10. The van der Waals surface area contributed by atoms with Crippen LogP contribution in [0.25, 0.3) is 66.6 Å². The maximum absolute atomic E-state index is 4.08. The first-order valence-electron chi connectivity index (χ1n) is 14.9. The van der Waals surface area contributed by atoms with Gasteiger partial charge in [-0.1, -0.05) is 147 Å². The lowest BCUT2D eigenvalue weighted by atomic mass is 9.82. The predicted molar refractivity (Wildman–Crippen MR) is 183 cm³/mol. The maximum atomic E-state index is 4.08. The molecule has 1 atom stereocenters. The van der Waals surface area contributed by atoms with Gasteiger partial charge in [0.1, 0.15) is 0 Å². The zero-order valence-electron chi connectivity index (χ0n) is 24.3. The van der Waals surface area contributed by atoms with Crippen molar-refractivity contribution in [3.05, 3.63) is 157 Å². The fraction of sp³-hybridized carbons (Fsp3) is 0.0952. The van der Waals surface area contributed by atoms with E-state index in [1.807, 2.05) is 6.08 Å². The Morgan fingerprint density at radius 1 is 0.619 bits per heavy atom. The van der Waals surface area contributed by atoms with Crippen LogP contribution in [-0.2, 0) is 0 Å². The number of rotatable bonds is 5. The summed E-state index contributed by atoms with van der Waals surface area (Å²) in [7, 11) is 0. The minimum atomic E-state index is 0.583. The Morgan fingerprint density at radius 3 is 1.81 bits per heavy atom. The topological polar surface area (TPSA) is 0 Å². The Hall–Kier alpha value is -4.94. The highest BCUT2D eigenvalue weighted by Crippen LogP contribution is 2.46. The van der Waals surface area contributed by atoms with E-state index in [4.69, 9.17) is 0 Å². The summed E-state index contributed by atoms with van der Waals surface area (Å²) in [5.41, 5.74) is 12.6. The molecule has 0 bridgehead atoms. The molecule has 42 heavy (non-hydrogen) atoms. The van der Waals surface area contributed by atoms with E-state index in [2.05, 4.69) is 154 Å². The van der Waals surface area contributed by atoms with Crippen LogP contribution in [0.5, 0.6) is 0 Å². The van der Waals surface area contributed by atoms with Gasteiger partial charge in [-0.2, -0.15) is 0 Å². The molecule has 0 nitrogen and oxygen atoms in total. The van der Waals surface area contributed by atoms with Crippen molar-refractivity contribution >= 4 is 33.2 Å². The van der Waals surface area contributed by atoms with Gasteiger partial charge >= 0.3 is 0 Å². The Labute approximate surface area is 249 Å². The molecule has 0 aromatic heterocycles. The van der Waals surface area contributed by atoms with Gasteiger partial charge in [-0.25, -0.2) is 0 Å². The molecule has 0 saturated carbocycles. The quantitative estimate of drug-likeness (QED) is 0.191. The van der Waals surface area contributed by atoms with E-state index in [1.54, 1.807) is 0 Å². The number of hydrogen-bond donors (Lipinski definition) is 0. The number of allylic oxidation sites excluding steroid dienone is 4. The normalized spacial score (nSPS) is 14.7. The van der Waals surface area contributed by atoms with Crippen LogP contribution < -0.4 is 0 Å². The van der Waals surface area contributed by atoms with Gasteiger partial charge < -0.3 is 0 Å². The van der Waals surface area contributed by atoms with Crippen molar-refractivity contribution in [3.63, 3.8) is 0 Å². The first-order valence-corrected chi connectivity index (χ1v) is 14.9. The highest BCUT2D eigenvalue weighted by atomic mass is 14.2. The van der Waals surface area contributed by atoms with Gasteiger partial charge in [-0.15, -0.1) is 0 Å². The van der Waals surface area contributed by atoms with Crippen molar-refractivity contribution in [1.82, 2.24) is 0 Å². The average Bonchev–Trinajstić information content (AvgIpc) is 3.04. The molecule has 0 heteroatoms. The molecule has 1 aliphatic carbocycles. The molecule has 0 fully saturated rings. The van der Waals surface area contributed by atoms with Crippen molar-refractivity contribution in [3.8, 4) is 33.4 Å². The summed E-state index contributed by atoms with van der Waals surface area (Å²) in [6, 6.07) is 42.3. The van der Waals surface area contributed by atoms with E-state index < -0.39 is 0 Å². The molecule has 0 N–H and O–H groups in total. The minimum Gasteiger partial charge on any atom is -0.0984 e. The van der Waals surface area contributed by atoms with Gasteiger partial charge in [-0.3, -0.25) is 0 Å². The second-order valence-corrected chi connectivity index (χ2v) is 11.4. The van der Waals surface area contributed by atoms with Gasteiger partial charge in [0.15, 0.2) is 0 Å². The molecule has 0 saturated heterocycles. The molecule has 0 amide bonds. The van der Waals surface area contributed by atoms with Gasteiger partial charge in [0.25, 0.3) is 0 Å². The standard InChI is InChI=1S/C42H34/c1-4-30-13-5-6-14-33(30)40-27-32(26-23-29(40)3)41-36-17-9-11-19-38(36)42(39-20-12-10-18-37(39)41)35-16-8-7-15-34(35)31-24-21-28(2)22-25-31/h4-21,23-28H,1,22H2,2-3H3. The van der Waals surface area contributed by atoms with Crippen LogP contribution in [0, 0.1) is 12.8 Å². The van der Waals surface area contributed by atoms with E-state index in [1.165, 1.54) is 71.6 Å². The largest absolute Gasteiger partial charge is 0.0984 e. The molecule has 1 unspecified atom stereocenters. The molecular weight excluding hydrogens is 504 g/mol. The van der Waals surface area contributed by atoms with Crippen molar-refractivity contribution in [2.24, 2.45) is 5.92 Å². The summed E-state index contributed by atoms with van der Waals surface area (Å²) >= 11 is 0. The first-order chi connectivity index (χ1) is 20.6. The van der Waals surface area contributed by atoms with Crippen LogP contribution >= 0.6 is 0 Å². The summed E-state index contributed by atoms with van der Waals surface area (Å²) in [4.78, 5) is 0. The molecule has 202 valence electrons. The monoisotopic (exact) mass is 538 g/mol. The lowest BCUT2D eigenvalue weighted by Crippen LogP contribution is -1.97. The molecule has 6 aromatic rings. The third-order valence-electron chi connectivity index (χ3n) is 8.75. The fourth-order valence-corrected chi connectivity index (χ4v) is 6.60. The van der Waals surface area contributed by atoms with Crippen molar-refractivity contribution in [2.75, 3.05) is 0 Å². The van der Waals surface area contributed by atoms with Crippen LogP contribution in [0.3, 0.4) is 0 Å². The minimum absolute atomic E-state index is 0.583. The summed E-state index contributed by atoms with van der Waals surface area (Å²) in [6.07, 6.45) is 10.1. The second-order valence-electron chi connectivity index (χ2n) is 11.4. The number of aryl methyl sites for hydroxylation is 1. The Bertz CT molecular complexity index is 1990. The molecule has 6 aromatic carbocycles. The lowest BCUT2D eigenvalue weighted by Gasteiger charge is -2.21. The van der Waals surface area contributed by atoms with Crippen LogP contribution in [-0.4, -0.2) is 0 Å². The van der Waals surface area contributed by atoms with Crippen LogP contribution in [0.2, 0.25) is 0 Å². The van der Waals surface area contributed by atoms with Crippen LogP contribution in [0.1, 0.15) is 30.0 Å². The van der Waals surface area contributed by atoms with Crippen LogP contribution in [0.15, 0.2) is 140 Å². The molecule has 7 rings (SSSR count). The fourth-order valence-electron chi connectivity index (χ4n) is 6.60. The summed E-state index contributed by atoms with van der Waals surface area (Å²) in [5.74, 6) is 0.583. The van der Waals surface area contributed by atoms with Gasteiger partial charge in [0.2, 0.25) is 0 Å². The Kier molecular flexibility index (Phi) is 6.68. The van der Waals surface area contributed by atoms with E-state index in [0.717, 1.165) is 12.0 Å². The molecule has 1 aliphatic rings. The molecular formula is C42H34. The van der Waals surface area contributed by atoms with Crippen molar-refractivity contribution in [1.29, 1.82) is 0 Å². The smallest absolute Gasteiger partial charge is 0.00201 e.